The molecule has 120 valence electrons. The van der Waals surface area contributed by atoms with Gasteiger partial charge < -0.3 is 15.7 Å². The molecule has 0 aliphatic rings. The molecule has 0 fully saturated rings. The SMILES string of the molecule is CCCNc1nc(C)nc(NCC(O)CC(C)(C)C)c1C. The second-order valence-electron chi connectivity index (χ2n) is 6.82. The van der Waals surface area contributed by atoms with Gasteiger partial charge in [0.25, 0.3) is 0 Å². The average molecular weight is 294 g/mol. The van der Waals surface area contributed by atoms with Crippen molar-refractivity contribution in [2.24, 2.45) is 5.41 Å². The molecule has 0 bridgehead atoms. The fraction of sp³-hybridized carbons (Fsp3) is 0.750. The van der Waals surface area contributed by atoms with Crippen molar-refractivity contribution in [3.63, 3.8) is 0 Å². The van der Waals surface area contributed by atoms with Crippen LogP contribution in [0.25, 0.3) is 0 Å². The predicted molar refractivity (Wildman–Crippen MR) is 88.9 cm³/mol. The monoisotopic (exact) mass is 294 g/mol. The van der Waals surface area contributed by atoms with Gasteiger partial charge in [0, 0.05) is 18.7 Å². The highest BCUT2D eigenvalue weighted by Crippen LogP contribution is 2.22. The maximum absolute atomic E-state index is 10.1. The Bertz CT molecular complexity index is 454. The molecule has 0 saturated carbocycles. The molecule has 1 aromatic heterocycles. The average Bonchev–Trinajstić information content (AvgIpc) is 2.35. The highest BCUT2D eigenvalue weighted by atomic mass is 16.3. The fourth-order valence-electron chi connectivity index (χ4n) is 2.21. The third-order valence-electron chi connectivity index (χ3n) is 3.15. The first-order chi connectivity index (χ1) is 9.73. The Balaban J connectivity index is 2.72. The molecule has 5 heteroatoms. The van der Waals surface area contributed by atoms with Crippen molar-refractivity contribution >= 4 is 11.6 Å². The molecule has 21 heavy (non-hydrogen) atoms. The lowest BCUT2D eigenvalue weighted by atomic mass is 9.89. The largest absolute Gasteiger partial charge is 0.391 e. The summed E-state index contributed by atoms with van der Waals surface area (Å²) in [6.45, 7) is 13.8. The van der Waals surface area contributed by atoms with Gasteiger partial charge in [-0.15, -0.1) is 0 Å². The number of hydrogen-bond acceptors (Lipinski definition) is 5. The molecule has 0 amide bonds. The molecular weight excluding hydrogens is 264 g/mol. The summed E-state index contributed by atoms with van der Waals surface area (Å²) in [7, 11) is 0. The first-order valence-corrected chi connectivity index (χ1v) is 7.74. The van der Waals surface area contributed by atoms with Crippen LogP contribution in [0.3, 0.4) is 0 Å². The summed E-state index contributed by atoms with van der Waals surface area (Å²) in [4.78, 5) is 8.87. The van der Waals surface area contributed by atoms with Crippen molar-refractivity contribution in [2.45, 2.75) is 60.5 Å². The molecule has 1 aromatic rings. The van der Waals surface area contributed by atoms with Crippen molar-refractivity contribution in [2.75, 3.05) is 23.7 Å². The van der Waals surface area contributed by atoms with Crippen LogP contribution in [-0.4, -0.2) is 34.3 Å². The van der Waals surface area contributed by atoms with Gasteiger partial charge in [-0.25, -0.2) is 9.97 Å². The number of nitrogens with one attached hydrogen (secondary N) is 2. The maximum atomic E-state index is 10.1. The lowest BCUT2D eigenvalue weighted by molar-refractivity contribution is 0.132. The highest BCUT2D eigenvalue weighted by molar-refractivity contribution is 5.57. The van der Waals surface area contributed by atoms with E-state index in [0.29, 0.717) is 6.54 Å². The van der Waals surface area contributed by atoms with Gasteiger partial charge in [-0.1, -0.05) is 27.7 Å². The van der Waals surface area contributed by atoms with Gasteiger partial charge in [0.1, 0.15) is 17.5 Å². The van der Waals surface area contributed by atoms with E-state index < -0.39 is 0 Å². The lowest BCUT2D eigenvalue weighted by Gasteiger charge is -2.23. The molecule has 3 N–H and O–H groups in total. The Morgan fingerprint density at radius 3 is 2.19 bits per heavy atom. The number of aryl methyl sites for hydroxylation is 1. The van der Waals surface area contributed by atoms with Crippen molar-refractivity contribution in [1.29, 1.82) is 0 Å². The van der Waals surface area contributed by atoms with Gasteiger partial charge in [0.2, 0.25) is 0 Å². The molecule has 5 nitrogen and oxygen atoms in total. The van der Waals surface area contributed by atoms with Gasteiger partial charge >= 0.3 is 0 Å². The standard InChI is InChI=1S/C16H30N4O/c1-7-8-17-14-11(2)15(20-12(3)19-14)18-10-13(21)9-16(4,5)6/h13,21H,7-10H2,1-6H3,(H2,17,18,19,20). The Hall–Kier alpha value is -1.36. The second kappa shape index (κ2) is 7.59. The number of aliphatic hydroxyl groups excluding tert-OH is 1. The smallest absolute Gasteiger partial charge is 0.134 e. The van der Waals surface area contributed by atoms with Gasteiger partial charge in [0.05, 0.1) is 6.10 Å². The molecule has 0 aliphatic carbocycles. The number of anilines is 2. The van der Waals surface area contributed by atoms with E-state index >= 15 is 0 Å². The minimum Gasteiger partial charge on any atom is -0.391 e. The normalized spacial score (nSPS) is 13.1. The summed E-state index contributed by atoms with van der Waals surface area (Å²) in [6, 6.07) is 0. The summed E-state index contributed by atoms with van der Waals surface area (Å²) in [5.74, 6) is 2.40. The number of nitrogens with zero attached hydrogens (tertiary/aromatic N) is 2. The first-order valence-electron chi connectivity index (χ1n) is 7.74. The third-order valence-corrected chi connectivity index (χ3v) is 3.15. The van der Waals surface area contributed by atoms with Crippen LogP contribution in [0.5, 0.6) is 0 Å². The summed E-state index contributed by atoms with van der Waals surface area (Å²) in [5, 5.41) is 16.7. The summed E-state index contributed by atoms with van der Waals surface area (Å²) >= 11 is 0. The Kier molecular flexibility index (Phi) is 6.40. The molecule has 1 atom stereocenters. The molecule has 1 unspecified atom stereocenters. The van der Waals surface area contributed by atoms with Crippen LogP contribution < -0.4 is 10.6 Å². The van der Waals surface area contributed by atoms with E-state index in [1.807, 2.05) is 13.8 Å². The third kappa shape index (κ3) is 6.29. The topological polar surface area (TPSA) is 70.1 Å². The van der Waals surface area contributed by atoms with Crippen LogP contribution >= 0.6 is 0 Å². The zero-order valence-corrected chi connectivity index (χ0v) is 14.2. The number of aliphatic hydroxyl groups is 1. The lowest BCUT2D eigenvalue weighted by Crippen LogP contribution is -2.26. The van der Waals surface area contributed by atoms with Crippen molar-refractivity contribution in [1.82, 2.24) is 9.97 Å². The van der Waals surface area contributed by atoms with E-state index in [1.54, 1.807) is 0 Å². The number of aromatic nitrogens is 2. The van der Waals surface area contributed by atoms with Crippen LogP contribution in [0.2, 0.25) is 0 Å². The van der Waals surface area contributed by atoms with E-state index in [9.17, 15) is 5.11 Å². The number of rotatable bonds is 7. The molecule has 0 radical (unpaired) electrons. The molecule has 1 rings (SSSR count). The van der Waals surface area contributed by atoms with Gasteiger partial charge in [-0.3, -0.25) is 0 Å². The molecular formula is C16H30N4O. The van der Waals surface area contributed by atoms with E-state index in [4.69, 9.17) is 0 Å². The van der Waals surface area contributed by atoms with Gasteiger partial charge in [0.15, 0.2) is 0 Å². The van der Waals surface area contributed by atoms with Crippen LogP contribution in [0.4, 0.5) is 11.6 Å². The Labute approximate surface area is 128 Å². The summed E-state index contributed by atoms with van der Waals surface area (Å²) in [5.41, 5.74) is 1.11. The summed E-state index contributed by atoms with van der Waals surface area (Å²) in [6.07, 6.45) is 1.42. The van der Waals surface area contributed by atoms with Crippen LogP contribution in [0.1, 0.15) is 51.9 Å². The Morgan fingerprint density at radius 2 is 1.67 bits per heavy atom. The highest BCUT2D eigenvalue weighted by Gasteiger charge is 2.17. The molecule has 1 heterocycles. The number of hydrogen-bond donors (Lipinski definition) is 3. The second-order valence-corrected chi connectivity index (χ2v) is 6.82. The molecule has 0 aliphatic heterocycles. The predicted octanol–water partition coefficient (Wildman–Crippen LogP) is 3.12. The van der Waals surface area contributed by atoms with Crippen LogP contribution in [0.15, 0.2) is 0 Å². The van der Waals surface area contributed by atoms with Crippen molar-refractivity contribution in [3.8, 4) is 0 Å². The van der Waals surface area contributed by atoms with E-state index in [0.717, 1.165) is 42.4 Å². The molecule has 0 spiro atoms. The quantitative estimate of drug-likeness (QED) is 0.721. The minimum absolute atomic E-state index is 0.117. The van der Waals surface area contributed by atoms with Crippen LogP contribution in [-0.2, 0) is 0 Å². The van der Waals surface area contributed by atoms with Crippen molar-refractivity contribution in [3.05, 3.63) is 11.4 Å². The van der Waals surface area contributed by atoms with Gasteiger partial charge in [-0.2, -0.15) is 0 Å². The Morgan fingerprint density at radius 1 is 1.10 bits per heavy atom. The van der Waals surface area contributed by atoms with Crippen LogP contribution in [0, 0.1) is 19.3 Å². The minimum atomic E-state index is -0.383. The zero-order valence-electron chi connectivity index (χ0n) is 14.2. The van der Waals surface area contributed by atoms with E-state index in [2.05, 4.69) is 48.3 Å². The summed E-state index contributed by atoms with van der Waals surface area (Å²) < 4.78 is 0. The molecule has 0 saturated heterocycles. The fourth-order valence-corrected chi connectivity index (χ4v) is 2.21. The van der Waals surface area contributed by atoms with E-state index in [-0.39, 0.29) is 11.5 Å². The van der Waals surface area contributed by atoms with Gasteiger partial charge in [-0.05, 0) is 32.1 Å². The first kappa shape index (κ1) is 17.7. The zero-order chi connectivity index (χ0) is 16.0. The van der Waals surface area contributed by atoms with Crippen molar-refractivity contribution < 1.29 is 5.11 Å². The maximum Gasteiger partial charge on any atom is 0.134 e. The van der Waals surface area contributed by atoms with E-state index in [1.165, 1.54) is 0 Å². The molecule has 0 aromatic carbocycles.